The lowest BCUT2D eigenvalue weighted by molar-refractivity contribution is -0.118. The normalized spacial score (nSPS) is 13.5. The summed E-state index contributed by atoms with van der Waals surface area (Å²) in [5.41, 5.74) is 5.29. The van der Waals surface area contributed by atoms with Gasteiger partial charge in [0.15, 0.2) is 6.61 Å². The number of halogens is 2. The molecule has 188 valence electrons. The van der Waals surface area contributed by atoms with Crippen LogP contribution in [0.15, 0.2) is 59.1 Å². The lowest BCUT2D eigenvalue weighted by Crippen LogP contribution is -2.49. The molecule has 1 N–H and O–H groups in total. The Kier molecular flexibility index (Phi) is 8.21. The fourth-order valence-corrected chi connectivity index (χ4v) is 5.48. The molecule has 0 saturated carbocycles. The molecule has 2 amide bonds. The van der Waals surface area contributed by atoms with Gasteiger partial charge in [-0.2, -0.15) is 0 Å². The fraction of sp³-hybridized carbons (Fsp3) is 0.286. The molecule has 0 bridgehead atoms. The number of amides is 2. The molecule has 0 atom stereocenters. The molecule has 4 rings (SSSR count). The van der Waals surface area contributed by atoms with Crippen LogP contribution in [0.1, 0.15) is 27.0 Å². The molecule has 8 heteroatoms. The van der Waals surface area contributed by atoms with Crippen LogP contribution in [0.2, 0.25) is 5.02 Å². The molecule has 1 fully saturated rings. The van der Waals surface area contributed by atoms with Crippen molar-refractivity contribution < 1.29 is 14.3 Å². The highest BCUT2D eigenvalue weighted by Gasteiger charge is 2.24. The molecule has 0 unspecified atom stereocenters. The number of carbonyl (C=O) groups is 2. The molecular formula is C28H29BrClN3O3. The van der Waals surface area contributed by atoms with Crippen LogP contribution in [-0.2, 0) is 4.79 Å². The SMILES string of the molecule is Cc1cc(C)c(OCC(=O)Nc2ccc(N3CCN(C(=O)c4ccccc4C)CC3)c(Cl)c2)c(Br)c1. The van der Waals surface area contributed by atoms with Crippen molar-refractivity contribution >= 4 is 50.7 Å². The maximum absolute atomic E-state index is 12.9. The third-order valence-electron chi connectivity index (χ3n) is 6.24. The van der Waals surface area contributed by atoms with E-state index >= 15 is 0 Å². The summed E-state index contributed by atoms with van der Waals surface area (Å²) in [6.07, 6.45) is 0. The van der Waals surface area contributed by atoms with E-state index in [0.29, 0.717) is 42.6 Å². The van der Waals surface area contributed by atoms with Gasteiger partial charge in [0.05, 0.1) is 15.2 Å². The average molecular weight is 571 g/mol. The monoisotopic (exact) mass is 569 g/mol. The molecule has 0 aliphatic carbocycles. The number of hydrogen-bond donors (Lipinski definition) is 1. The summed E-state index contributed by atoms with van der Waals surface area (Å²) < 4.78 is 6.56. The van der Waals surface area contributed by atoms with Crippen molar-refractivity contribution in [2.45, 2.75) is 20.8 Å². The summed E-state index contributed by atoms with van der Waals surface area (Å²) in [7, 11) is 0. The van der Waals surface area contributed by atoms with Gasteiger partial charge in [0.2, 0.25) is 0 Å². The van der Waals surface area contributed by atoms with Crippen LogP contribution >= 0.6 is 27.5 Å². The minimum absolute atomic E-state index is 0.0620. The van der Waals surface area contributed by atoms with Crippen LogP contribution < -0.4 is 15.0 Å². The van der Waals surface area contributed by atoms with Crippen molar-refractivity contribution in [3.8, 4) is 5.75 Å². The average Bonchev–Trinajstić information content (AvgIpc) is 2.83. The van der Waals surface area contributed by atoms with Crippen LogP contribution in [0.4, 0.5) is 11.4 Å². The number of carbonyl (C=O) groups excluding carboxylic acids is 2. The first-order valence-corrected chi connectivity index (χ1v) is 13.0. The van der Waals surface area contributed by atoms with Crippen molar-refractivity contribution in [3.05, 3.63) is 86.3 Å². The number of aryl methyl sites for hydroxylation is 3. The quantitative estimate of drug-likeness (QED) is 0.394. The maximum atomic E-state index is 12.9. The Morgan fingerprint density at radius 3 is 2.36 bits per heavy atom. The van der Waals surface area contributed by atoms with Gasteiger partial charge in [0.1, 0.15) is 5.75 Å². The molecule has 1 saturated heterocycles. The smallest absolute Gasteiger partial charge is 0.262 e. The predicted molar refractivity (Wildman–Crippen MR) is 148 cm³/mol. The molecule has 0 spiro atoms. The van der Waals surface area contributed by atoms with E-state index in [-0.39, 0.29) is 18.4 Å². The summed E-state index contributed by atoms with van der Waals surface area (Å²) in [5, 5.41) is 3.39. The van der Waals surface area contributed by atoms with Gasteiger partial charge in [0.25, 0.3) is 11.8 Å². The zero-order chi connectivity index (χ0) is 25.8. The second-order valence-electron chi connectivity index (χ2n) is 8.99. The fourth-order valence-electron chi connectivity index (χ4n) is 4.39. The van der Waals surface area contributed by atoms with Crippen LogP contribution in [-0.4, -0.2) is 49.5 Å². The lowest BCUT2D eigenvalue weighted by Gasteiger charge is -2.36. The number of rotatable bonds is 6. The van der Waals surface area contributed by atoms with Crippen LogP contribution in [0.5, 0.6) is 5.75 Å². The first-order chi connectivity index (χ1) is 17.2. The Bertz CT molecular complexity index is 1270. The van der Waals surface area contributed by atoms with Gasteiger partial charge >= 0.3 is 0 Å². The second-order valence-corrected chi connectivity index (χ2v) is 10.3. The van der Waals surface area contributed by atoms with Gasteiger partial charge < -0.3 is 19.9 Å². The van der Waals surface area contributed by atoms with E-state index in [9.17, 15) is 9.59 Å². The Labute approximate surface area is 225 Å². The van der Waals surface area contributed by atoms with Gasteiger partial charge in [-0.05, 0) is 83.7 Å². The van der Waals surface area contributed by atoms with Crippen LogP contribution in [0.3, 0.4) is 0 Å². The number of ether oxygens (including phenoxy) is 1. The number of anilines is 2. The van der Waals surface area contributed by atoms with Crippen molar-refractivity contribution in [2.75, 3.05) is 43.0 Å². The van der Waals surface area contributed by atoms with Gasteiger partial charge in [-0.25, -0.2) is 0 Å². The van der Waals surface area contributed by atoms with Gasteiger partial charge in [-0.15, -0.1) is 0 Å². The van der Waals surface area contributed by atoms with E-state index in [1.54, 1.807) is 6.07 Å². The summed E-state index contributed by atoms with van der Waals surface area (Å²) in [5.74, 6) is 0.449. The molecule has 1 heterocycles. The minimum atomic E-state index is -0.269. The number of benzene rings is 3. The predicted octanol–water partition coefficient (Wildman–Crippen LogP) is 6.01. The van der Waals surface area contributed by atoms with Gasteiger partial charge in [0, 0.05) is 37.4 Å². The highest BCUT2D eigenvalue weighted by Crippen LogP contribution is 2.31. The molecule has 3 aromatic rings. The van der Waals surface area contributed by atoms with Crippen LogP contribution in [0.25, 0.3) is 0 Å². The summed E-state index contributed by atoms with van der Waals surface area (Å²) in [4.78, 5) is 29.4. The lowest BCUT2D eigenvalue weighted by atomic mass is 10.1. The van der Waals surface area contributed by atoms with Gasteiger partial charge in [-0.1, -0.05) is 35.9 Å². The van der Waals surface area contributed by atoms with Crippen molar-refractivity contribution in [3.63, 3.8) is 0 Å². The number of piperazine rings is 1. The van der Waals surface area contributed by atoms with Crippen molar-refractivity contribution in [1.29, 1.82) is 0 Å². The largest absolute Gasteiger partial charge is 0.482 e. The van der Waals surface area contributed by atoms with Crippen molar-refractivity contribution in [1.82, 2.24) is 4.90 Å². The Morgan fingerprint density at radius 1 is 0.972 bits per heavy atom. The standard InChI is InChI=1S/C28H29BrClN3O3/c1-18-14-20(3)27(23(29)15-18)36-17-26(34)31-21-8-9-25(24(30)16-21)32-10-12-33(13-11-32)28(35)22-7-5-4-6-19(22)2/h4-9,14-16H,10-13,17H2,1-3H3,(H,31,34). The molecular weight excluding hydrogens is 542 g/mol. The summed E-state index contributed by atoms with van der Waals surface area (Å²) in [6.45, 7) is 8.40. The van der Waals surface area contributed by atoms with E-state index in [4.69, 9.17) is 16.3 Å². The first-order valence-electron chi connectivity index (χ1n) is 11.8. The van der Waals surface area contributed by atoms with Crippen LogP contribution in [0, 0.1) is 20.8 Å². The zero-order valence-electron chi connectivity index (χ0n) is 20.6. The second kappa shape index (κ2) is 11.4. The minimum Gasteiger partial charge on any atom is -0.482 e. The topological polar surface area (TPSA) is 61.9 Å². The summed E-state index contributed by atoms with van der Waals surface area (Å²) in [6, 6.07) is 17.1. The first kappa shape index (κ1) is 26.0. The maximum Gasteiger partial charge on any atom is 0.262 e. The highest BCUT2D eigenvalue weighted by molar-refractivity contribution is 9.10. The highest BCUT2D eigenvalue weighted by atomic mass is 79.9. The van der Waals surface area contributed by atoms with E-state index < -0.39 is 0 Å². The zero-order valence-corrected chi connectivity index (χ0v) is 22.9. The Morgan fingerprint density at radius 2 is 1.69 bits per heavy atom. The van der Waals surface area contributed by atoms with E-state index in [2.05, 4.69) is 26.1 Å². The Hall–Kier alpha value is -3.03. The number of nitrogens with one attached hydrogen (secondary N) is 1. The Balaban J connectivity index is 1.32. The van der Waals surface area contributed by atoms with Gasteiger partial charge in [-0.3, -0.25) is 9.59 Å². The summed E-state index contributed by atoms with van der Waals surface area (Å²) >= 11 is 10.1. The number of nitrogens with zero attached hydrogens (tertiary/aromatic N) is 2. The molecule has 6 nitrogen and oxygen atoms in total. The van der Waals surface area contributed by atoms with Crippen molar-refractivity contribution in [2.24, 2.45) is 0 Å². The molecule has 0 radical (unpaired) electrons. The molecule has 1 aliphatic heterocycles. The molecule has 0 aromatic heterocycles. The third kappa shape index (κ3) is 6.02. The molecule has 36 heavy (non-hydrogen) atoms. The third-order valence-corrected chi connectivity index (χ3v) is 7.13. The molecule has 3 aromatic carbocycles. The molecule has 1 aliphatic rings. The van der Waals surface area contributed by atoms with E-state index in [0.717, 1.165) is 32.4 Å². The van der Waals surface area contributed by atoms with E-state index in [1.165, 1.54) is 0 Å². The van der Waals surface area contributed by atoms with E-state index in [1.807, 2.05) is 74.2 Å². The number of hydrogen-bond acceptors (Lipinski definition) is 4.